The van der Waals surface area contributed by atoms with E-state index in [1.165, 1.54) is 24.3 Å². The van der Waals surface area contributed by atoms with Crippen LogP contribution >= 0.6 is 23.2 Å². The molecule has 0 aromatic heterocycles. The molecule has 0 aliphatic carbocycles. The van der Waals surface area contributed by atoms with Crippen LogP contribution in [0.1, 0.15) is 0 Å². The number of nitrogen functional groups attached to an aromatic ring is 1. The van der Waals surface area contributed by atoms with E-state index in [-0.39, 0.29) is 21.4 Å². The zero-order valence-electron chi connectivity index (χ0n) is 9.90. The Morgan fingerprint density at radius 2 is 1.65 bits per heavy atom. The third-order valence-electron chi connectivity index (χ3n) is 2.36. The third kappa shape index (κ3) is 3.33. The minimum absolute atomic E-state index is 0.129. The summed E-state index contributed by atoms with van der Waals surface area (Å²) in [5, 5.41) is 0.506. The van der Waals surface area contributed by atoms with Gasteiger partial charge in [0.25, 0.3) is 10.0 Å². The lowest BCUT2D eigenvalue weighted by Crippen LogP contribution is -2.15. The molecule has 0 bridgehead atoms. The van der Waals surface area contributed by atoms with Crippen molar-refractivity contribution in [3.8, 4) is 0 Å². The van der Waals surface area contributed by atoms with E-state index in [1.54, 1.807) is 0 Å². The molecule has 0 heterocycles. The van der Waals surface area contributed by atoms with Crippen molar-refractivity contribution in [3.63, 3.8) is 0 Å². The summed E-state index contributed by atoms with van der Waals surface area (Å²) in [5.74, 6) is -0.903. The number of halogens is 3. The molecule has 0 amide bonds. The molecule has 20 heavy (non-hydrogen) atoms. The number of nitrogens with one attached hydrogen (secondary N) is 1. The van der Waals surface area contributed by atoms with Gasteiger partial charge in [0.15, 0.2) is 0 Å². The predicted octanol–water partition coefficient (Wildman–Crippen LogP) is 3.52. The van der Waals surface area contributed by atoms with E-state index in [2.05, 4.69) is 4.72 Å². The van der Waals surface area contributed by atoms with E-state index in [9.17, 15) is 12.8 Å². The van der Waals surface area contributed by atoms with Crippen LogP contribution in [0.3, 0.4) is 0 Å². The van der Waals surface area contributed by atoms with Crippen LogP contribution in [0.4, 0.5) is 15.8 Å². The Kier molecular flexibility index (Phi) is 4.08. The molecule has 0 saturated heterocycles. The molecule has 0 aliphatic rings. The maximum Gasteiger partial charge on any atom is 0.264 e. The van der Waals surface area contributed by atoms with Gasteiger partial charge in [-0.1, -0.05) is 23.2 Å². The van der Waals surface area contributed by atoms with Gasteiger partial charge in [-0.3, -0.25) is 4.72 Å². The van der Waals surface area contributed by atoms with Crippen LogP contribution in [0.25, 0.3) is 0 Å². The first kappa shape index (κ1) is 14.9. The lowest BCUT2D eigenvalue weighted by Gasteiger charge is -2.10. The second-order valence-corrected chi connectivity index (χ2v) is 6.48. The summed E-state index contributed by atoms with van der Waals surface area (Å²) in [5.41, 5.74) is 5.73. The van der Waals surface area contributed by atoms with Crippen molar-refractivity contribution in [1.82, 2.24) is 0 Å². The molecule has 4 nitrogen and oxygen atoms in total. The summed E-state index contributed by atoms with van der Waals surface area (Å²) in [4.78, 5) is -0.548. The summed E-state index contributed by atoms with van der Waals surface area (Å²) in [6.45, 7) is 0. The van der Waals surface area contributed by atoms with E-state index in [0.717, 1.165) is 12.1 Å². The number of nitrogens with two attached hydrogens (primary N) is 1. The van der Waals surface area contributed by atoms with Gasteiger partial charge in [-0.05, 0) is 36.4 Å². The molecule has 2 aromatic rings. The van der Waals surface area contributed by atoms with E-state index in [0.29, 0.717) is 0 Å². The molecule has 2 aromatic carbocycles. The highest BCUT2D eigenvalue weighted by Crippen LogP contribution is 2.26. The van der Waals surface area contributed by atoms with Crippen molar-refractivity contribution < 1.29 is 12.8 Å². The van der Waals surface area contributed by atoms with Crippen molar-refractivity contribution in [2.24, 2.45) is 0 Å². The Labute approximate surface area is 125 Å². The summed E-state index contributed by atoms with van der Waals surface area (Å²) < 4.78 is 40.0. The number of hydrogen-bond donors (Lipinski definition) is 2. The van der Waals surface area contributed by atoms with Gasteiger partial charge in [-0.2, -0.15) is 0 Å². The molecular formula is C12H9Cl2FN2O2S. The second-order valence-electron chi connectivity index (χ2n) is 3.95. The van der Waals surface area contributed by atoms with Gasteiger partial charge in [0.2, 0.25) is 0 Å². The molecule has 106 valence electrons. The van der Waals surface area contributed by atoms with Gasteiger partial charge in [-0.25, -0.2) is 12.8 Å². The molecule has 0 fully saturated rings. The average Bonchev–Trinajstić information content (AvgIpc) is 2.30. The first-order valence-corrected chi connectivity index (χ1v) is 7.56. The summed E-state index contributed by atoms with van der Waals surface area (Å²) in [6.07, 6.45) is 0. The zero-order valence-corrected chi connectivity index (χ0v) is 12.2. The molecule has 8 heteroatoms. The molecule has 2 rings (SSSR count). The van der Waals surface area contributed by atoms with Crippen LogP contribution in [-0.4, -0.2) is 8.42 Å². The van der Waals surface area contributed by atoms with Crippen molar-refractivity contribution >= 4 is 44.6 Å². The van der Waals surface area contributed by atoms with Gasteiger partial charge in [-0.15, -0.1) is 0 Å². The fraction of sp³-hybridized carbons (Fsp3) is 0. The van der Waals surface area contributed by atoms with Crippen molar-refractivity contribution in [1.29, 1.82) is 0 Å². The predicted molar refractivity (Wildman–Crippen MR) is 78.1 cm³/mol. The maximum absolute atomic E-state index is 13.6. The largest absolute Gasteiger partial charge is 0.399 e. The van der Waals surface area contributed by atoms with E-state index < -0.39 is 20.7 Å². The minimum Gasteiger partial charge on any atom is -0.399 e. The molecule has 0 saturated carbocycles. The fourth-order valence-electron chi connectivity index (χ4n) is 1.55. The van der Waals surface area contributed by atoms with Crippen LogP contribution in [0.15, 0.2) is 41.3 Å². The number of hydrogen-bond acceptors (Lipinski definition) is 3. The standard InChI is InChI=1S/C12H9Cl2FN2O2S/c13-7-3-8(14)5-10(4-7)17-20(18,19)12-6-9(16)1-2-11(12)15/h1-6,17H,16H2. The van der Waals surface area contributed by atoms with Gasteiger partial charge in [0.05, 0.1) is 5.69 Å². The first-order chi connectivity index (χ1) is 9.28. The van der Waals surface area contributed by atoms with Crippen LogP contribution in [-0.2, 0) is 10.0 Å². The zero-order chi connectivity index (χ0) is 14.9. The highest BCUT2D eigenvalue weighted by molar-refractivity contribution is 7.92. The van der Waals surface area contributed by atoms with Crippen LogP contribution < -0.4 is 10.5 Å². The Balaban J connectivity index is 2.43. The smallest absolute Gasteiger partial charge is 0.264 e. The highest BCUT2D eigenvalue weighted by atomic mass is 35.5. The van der Waals surface area contributed by atoms with Crippen LogP contribution in [0.2, 0.25) is 10.0 Å². The van der Waals surface area contributed by atoms with Gasteiger partial charge >= 0.3 is 0 Å². The Hall–Kier alpha value is -1.50. The number of anilines is 2. The maximum atomic E-state index is 13.6. The third-order valence-corrected chi connectivity index (χ3v) is 4.19. The van der Waals surface area contributed by atoms with Crippen molar-refractivity contribution in [2.75, 3.05) is 10.5 Å². The lowest BCUT2D eigenvalue weighted by atomic mass is 10.3. The van der Waals surface area contributed by atoms with Crippen molar-refractivity contribution in [2.45, 2.75) is 4.90 Å². The van der Waals surface area contributed by atoms with Gasteiger partial charge in [0.1, 0.15) is 10.7 Å². The van der Waals surface area contributed by atoms with E-state index >= 15 is 0 Å². The molecular weight excluding hydrogens is 326 g/mol. The molecule has 0 radical (unpaired) electrons. The van der Waals surface area contributed by atoms with E-state index in [1.807, 2.05) is 0 Å². The number of sulfonamides is 1. The van der Waals surface area contributed by atoms with Gasteiger partial charge in [0, 0.05) is 15.7 Å². The molecule has 0 unspecified atom stereocenters. The monoisotopic (exact) mass is 334 g/mol. The molecule has 0 spiro atoms. The fourth-order valence-corrected chi connectivity index (χ4v) is 3.23. The van der Waals surface area contributed by atoms with Crippen LogP contribution in [0, 0.1) is 5.82 Å². The minimum atomic E-state index is -4.12. The molecule has 0 aliphatic heterocycles. The van der Waals surface area contributed by atoms with E-state index in [4.69, 9.17) is 28.9 Å². The lowest BCUT2D eigenvalue weighted by molar-refractivity contribution is 0.570. The van der Waals surface area contributed by atoms with Crippen LogP contribution in [0.5, 0.6) is 0 Å². The quantitative estimate of drug-likeness (QED) is 0.843. The highest BCUT2D eigenvalue weighted by Gasteiger charge is 2.19. The summed E-state index contributed by atoms with van der Waals surface area (Å²) in [7, 11) is -4.12. The van der Waals surface area contributed by atoms with Crippen molar-refractivity contribution in [3.05, 3.63) is 52.3 Å². The molecule has 0 atom stereocenters. The molecule has 3 N–H and O–H groups in total. The second kappa shape index (κ2) is 5.47. The topological polar surface area (TPSA) is 72.2 Å². The number of benzene rings is 2. The summed E-state index contributed by atoms with van der Waals surface area (Å²) >= 11 is 11.5. The summed E-state index contributed by atoms with van der Waals surface area (Å²) in [6, 6.07) is 7.44. The Morgan fingerprint density at radius 3 is 2.25 bits per heavy atom. The Bertz CT molecular complexity index is 746. The average molecular weight is 335 g/mol. The van der Waals surface area contributed by atoms with Gasteiger partial charge < -0.3 is 5.73 Å². The first-order valence-electron chi connectivity index (χ1n) is 5.32. The normalized spacial score (nSPS) is 11.3. The SMILES string of the molecule is Nc1ccc(F)c(S(=O)(=O)Nc2cc(Cl)cc(Cl)c2)c1. The number of rotatable bonds is 3. The Morgan fingerprint density at radius 1 is 1.05 bits per heavy atom.